The highest BCUT2D eigenvalue weighted by atomic mass is 16.1. The molecule has 29 heavy (non-hydrogen) atoms. The number of rotatable bonds is 5. The minimum atomic E-state index is -0.197. The van der Waals surface area contributed by atoms with Gasteiger partial charge in [-0.25, -0.2) is 14.6 Å². The zero-order valence-corrected chi connectivity index (χ0v) is 16.1. The van der Waals surface area contributed by atoms with E-state index in [4.69, 9.17) is 0 Å². The molecule has 0 radical (unpaired) electrons. The minimum Gasteiger partial charge on any atom is -0.340 e. The maximum atomic E-state index is 12.7. The molecule has 2 aromatic carbocycles. The zero-order valence-electron chi connectivity index (χ0n) is 16.1. The molecule has 4 rings (SSSR count). The maximum absolute atomic E-state index is 12.7. The second-order valence-corrected chi connectivity index (χ2v) is 6.59. The van der Waals surface area contributed by atoms with Crippen molar-refractivity contribution in [3.63, 3.8) is 0 Å². The van der Waals surface area contributed by atoms with Crippen molar-refractivity contribution in [1.29, 1.82) is 0 Å². The van der Waals surface area contributed by atoms with Gasteiger partial charge in [0.15, 0.2) is 0 Å². The van der Waals surface area contributed by atoms with Crippen molar-refractivity contribution in [3.05, 3.63) is 90.1 Å². The maximum Gasteiger partial charge on any atom is 0.259 e. The molecule has 2 aromatic heterocycles. The van der Waals surface area contributed by atoms with Gasteiger partial charge in [0.1, 0.15) is 12.1 Å². The normalized spacial score (nSPS) is 10.6. The quantitative estimate of drug-likeness (QED) is 0.537. The van der Waals surface area contributed by atoms with E-state index in [1.807, 2.05) is 74.5 Å². The van der Waals surface area contributed by atoms with E-state index in [0.29, 0.717) is 11.3 Å². The molecule has 0 saturated heterocycles. The van der Waals surface area contributed by atoms with Gasteiger partial charge in [-0.05, 0) is 50.2 Å². The van der Waals surface area contributed by atoms with Gasteiger partial charge in [0.05, 0.1) is 23.1 Å². The van der Waals surface area contributed by atoms with E-state index in [1.165, 1.54) is 6.33 Å². The molecule has 0 atom stereocenters. The zero-order chi connectivity index (χ0) is 20.2. The van der Waals surface area contributed by atoms with Crippen LogP contribution < -0.4 is 10.6 Å². The van der Waals surface area contributed by atoms with E-state index in [2.05, 4.69) is 25.7 Å². The first-order valence-electron chi connectivity index (χ1n) is 9.17. The fourth-order valence-corrected chi connectivity index (χ4v) is 2.97. The third kappa shape index (κ3) is 4.14. The number of carbonyl (C=O) groups is 1. The fourth-order valence-electron chi connectivity index (χ4n) is 2.97. The van der Waals surface area contributed by atoms with Gasteiger partial charge in [0, 0.05) is 23.1 Å². The van der Waals surface area contributed by atoms with Gasteiger partial charge in [-0.1, -0.05) is 18.2 Å². The lowest BCUT2D eigenvalue weighted by molar-refractivity contribution is 0.102. The fraction of sp³-hybridized carbons (Fsp3) is 0.0909. The molecule has 144 valence electrons. The highest BCUT2D eigenvalue weighted by Gasteiger charge is 2.15. The first kappa shape index (κ1) is 18.4. The molecule has 4 aromatic rings. The van der Waals surface area contributed by atoms with Crippen LogP contribution in [0.15, 0.2) is 73.2 Å². The molecule has 2 N–H and O–H groups in total. The van der Waals surface area contributed by atoms with Gasteiger partial charge in [0.2, 0.25) is 0 Å². The van der Waals surface area contributed by atoms with Crippen molar-refractivity contribution in [3.8, 4) is 5.69 Å². The number of anilines is 3. The molecule has 0 fully saturated rings. The Bertz CT molecular complexity index is 1140. The lowest BCUT2D eigenvalue weighted by Crippen LogP contribution is -2.13. The topological polar surface area (TPSA) is 84.7 Å². The summed E-state index contributed by atoms with van der Waals surface area (Å²) in [6.45, 7) is 3.79. The van der Waals surface area contributed by atoms with Crippen LogP contribution in [0.3, 0.4) is 0 Å². The Hall–Kier alpha value is -4.00. The van der Waals surface area contributed by atoms with Crippen LogP contribution in [-0.2, 0) is 0 Å². The number of carbonyl (C=O) groups excluding carboxylic acids is 1. The summed E-state index contributed by atoms with van der Waals surface area (Å²) >= 11 is 0. The molecule has 1 amide bonds. The average Bonchev–Trinajstić information content (AvgIpc) is 3.12. The van der Waals surface area contributed by atoms with Crippen LogP contribution in [0, 0.1) is 13.8 Å². The summed E-state index contributed by atoms with van der Waals surface area (Å²) < 4.78 is 1.76. The number of hydrogen-bond acceptors (Lipinski definition) is 5. The van der Waals surface area contributed by atoms with Crippen molar-refractivity contribution in [2.45, 2.75) is 13.8 Å². The van der Waals surface area contributed by atoms with E-state index in [9.17, 15) is 4.79 Å². The summed E-state index contributed by atoms with van der Waals surface area (Å²) in [5, 5.41) is 10.5. The number of hydrogen-bond donors (Lipinski definition) is 2. The molecule has 0 unspecified atom stereocenters. The van der Waals surface area contributed by atoms with Crippen LogP contribution in [0.4, 0.5) is 17.2 Å². The van der Waals surface area contributed by atoms with E-state index < -0.39 is 0 Å². The molecule has 0 aliphatic rings. The summed E-state index contributed by atoms with van der Waals surface area (Å²) in [6, 6.07) is 19.0. The third-order valence-electron chi connectivity index (χ3n) is 4.47. The van der Waals surface area contributed by atoms with E-state index in [1.54, 1.807) is 10.9 Å². The molecule has 0 aliphatic heterocycles. The Labute approximate surface area is 168 Å². The molecular weight excluding hydrogens is 364 g/mol. The molecule has 7 nitrogen and oxygen atoms in total. The minimum absolute atomic E-state index is 0.197. The van der Waals surface area contributed by atoms with Gasteiger partial charge in [-0.2, -0.15) is 5.10 Å². The number of nitrogens with zero attached hydrogens (tertiary/aromatic N) is 4. The lowest BCUT2D eigenvalue weighted by Gasteiger charge is -2.09. The number of aromatic nitrogens is 4. The van der Waals surface area contributed by atoms with Crippen molar-refractivity contribution >= 4 is 23.1 Å². The van der Waals surface area contributed by atoms with Crippen LogP contribution in [-0.4, -0.2) is 25.7 Å². The third-order valence-corrected chi connectivity index (χ3v) is 4.47. The molecule has 2 heterocycles. The standard InChI is InChI=1S/C22H20N6O/c1-15-12-21(24-14-23-15)26-17-8-10-18(11-9-17)27-22(29)20-13-25-28(16(20)2)19-6-4-3-5-7-19/h3-14H,1-2H3,(H,27,29)(H,23,24,26). The Morgan fingerprint density at radius 1 is 0.931 bits per heavy atom. The first-order chi connectivity index (χ1) is 14.1. The smallest absolute Gasteiger partial charge is 0.259 e. The predicted molar refractivity (Wildman–Crippen MR) is 113 cm³/mol. The number of para-hydroxylation sites is 1. The van der Waals surface area contributed by atoms with Crippen molar-refractivity contribution in [2.75, 3.05) is 10.6 Å². The lowest BCUT2D eigenvalue weighted by atomic mass is 10.2. The molecule has 0 bridgehead atoms. The second-order valence-electron chi connectivity index (χ2n) is 6.59. The van der Waals surface area contributed by atoms with Crippen LogP contribution in [0.25, 0.3) is 5.69 Å². The Morgan fingerprint density at radius 3 is 2.38 bits per heavy atom. The second kappa shape index (κ2) is 7.93. The van der Waals surface area contributed by atoms with Gasteiger partial charge in [0.25, 0.3) is 5.91 Å². The summed E-state index contributed by atoms with van der Waals surface area (Å²) in [4.78, 5) is 21.0. The van der Waals surface area contributed by atoms with Gasteiger partial charge in [-0.15, -0.1) is 0 Å². The Kier molecular flexibility index (Phi) is 5.03. The van der Waals surface area contributed by atoms with Crippen LogP contribution in [0.5, 0.6) is 0 Å². The molecule has 7 heteroatoms. The Morgan fingerprint density at radius 2 is 1.66 bits per heavy atom. The SMILES string of the molecule is Cc1cc(Nc2ccc(NC(=O)c3cnn(-c4ccccc4)c3C)cc2)ncn1. The molecular formula is C22H20N6O. The summed E-state index contributed by atoms with van der Waals surface area (Å²) in [5.74, 6) is 0.523. The van der Waals surface area contributed by atoms with Crippen molar-refractivity contribution in [2.24, 2.45) is 0 Å². The van der Waals surface area contributed by atoms with Crippen molar-refractivity contribution < 1.29 is 4.79 Å². The summed E-state index contributed by atoms with van der Waals surface area (Å²) in [7, 11) is 0. The average molecular weight is 384 g/mol. The van der Waals surface area contributed by atoms with Gasteiger partial charge in [-0.3, -0.25) is 4.79 Å². The van der Waals surface area contributed by atoms with E-state index >= 15 is 0 Å². The monoisotopic (exact) mass is 384 g/mol. The largest absolute Gasteiger partial charge is 0.340 e. The van der Waals surface area contributed by atoms with Gasteiger partial charge < -0.3 is 10.6 Å². The number of amides is 1. The highest BCUT2D eigenvalue weighted by molar-refractivity contribution is 6.05. The molecule has 0 spiro atoms. The number of benzene rings is 2. The molecule has 0 aliphatic carbocycles. The predicted octanol–water partition coefficient (Wildman–Crippen LogP) is 4.28. The van der Waals surface area contributed by atoms with Crippen LogP contribution in [0.2, 0.25) is 0 Å². The Balaban J connectivity index is 1.46. The highest BCUT2D eigenvalue weighted by Crippen LogP contribution is 2.19. The first-order valence-corrected chi connectivity index (χ1v) is 9.17. The van der Waals surface area contributed by atoms with Gasteiger partial charge >= 0.3 is 0 Å². The van der Waals surface area contributed by atoms with Crippen molar-refractivity contribution in [1.82, 2.24) is 19.7 Å². The summed E-state index contributed by atoms with van der Waals surface area (Å²) in [5.41, 5.74) is 4.69. The summed E-state index contributed by atoms with van der Waals surface area (Å²) in [6.07, 6.45) is 3.11. The van der Waals surface area contributed by atoms with E-state index in [0.717, 1.165) is 28.6 Å². The van der Waals surface area contributed by atoms with Crippen LogP contribution in [0.1, 0.15) is 21.7 Å². The number of aryl methyl sites for hydroxylation is 1. The number of nitrogens with one attached hydrogen (secondary N) is 2. The molecule has 0 saturated carbocycles. The van der Waals surface area contributed by atoms with Crippen LogP contribution >= 0.6 is 0 Å². The van der Waals surface area contributed by atoms with E-state index in [-0.39, 0.29) is 5.91 Å².